The molecule has 0 unspecified atom stereocenters. The zero-order valence-electron chi connectivity index (χ0n) is 20.0. The fraction of sp³-hybridized carbons (Fsp3) is 0.696. The average molecular weight is 522 g/mol. The lowest BCUT2D eigenvalue weighted by Crippen LogP contribution is -2.60. The molecule has 0 spiro atoms. The number of nitrogens with zero attached hydrogens (tertiary/aromatic N) is 1. The van der Waals surface area contributed by atoms with Crippen LogP contribution in [-0.2, 0) is 14.8 Å². The molecule has 0 bridgehead atoms. The summed E-state index contributed by atoms with van der Waals surface area (Å²) in [5, 5.41) is 2.77. The summed E-state index contributed by atoms with van der Waals surface area (Å²) in [6, 6.07) is 5.05. The van der Waals surface area contributed by atoms with E-state index in [0.29, 0.717) is 57.2 Å². The maximum atomic E-state index is 12.8. The molecule has 2 atom stereocenters. The number of carbonyl (C=O) groups excluding carboxylic acids is 1. The third kappa shape index (κ3) is 8.25. The smallest absolute Gasteiger partial charge is 0.405 e. The van der Waals surface area contributed by atoms with Crippen molar-refractivity contribution in [1.29, 1.82) is 0 Å². The molecule has 1 saturated heterocycles. The second-order valence-corrected chi connectivity index (χ2v) is 10.9. The van der Waals surface area contributed by atoms with Crippen LogP contribution in [0.5, 0.6) is 5.75 Å². The van der Waals surface area contributed by atoms with Crippen LogP contribution in [-0.4, -0.2) is 69.9 Å². The Morgan fingerprint density at radius 1 is 1.14 bits per heavy atom. The molecule has 35 heavy (non-hydrogen) atoms. The van der Waals surface area contributed by atoms with Gasteiger partial charge in [-0.3, -0.25) is 0 Å². The van der Waals surface area contributed by atoms with Gasteiger partial charge >= 0.3 is 12.4 Å². The van der Waals surface area contributed by atoms with Gasteiger partial charge < -0.3 is 19.7 Å². The lowest BCUT2D eigenvalue weighted by Gasteiger charge is -2.42. The van der Waals surface area contributed by atoms with Crippen molar-refractivity contribution in [3.8, 4) is 5.75 Å². The number of amides is 2. The highest BCUT2D eigenvalue weighted by Gasteiger charge is 2.37. The molecule has 1 aromatic carbocycles. The van der Waals surface area contributed by atoms with Crippen molar-refractivity contribution in [2.24, 2.45) is 0 Å². The van der Waals surface area contributed by atoms with Crippen LogP contribution in [0.2, 0.25) is 0 Å². The molecule has 0 radical (unpaired) electrons. The summed E-state index contributed by atoms with van der Waals surface area (Å²) in [7, 11) is -3.47. The number of para-hydroxylation sites is 1. The molecule has 1 aromatic rings. The quantitative estimate of drug-likeness (QED) is 0.543. The molecule has 3 rings (SSSR count). The minimum absolute atomic E-state index is 0.0745. The second-order valence-electron chi connectivity index (χ2n) is 9.13. The van der Waals surface area contributed by atoms with Crippen molar-refractivity contribution < 1.29 is 35.9 Å². The summed E-state index contributed by atoms with van der Waals surface area (Å²) < 4.78 is 75.1. The number of piperidine rings is 1. The number of hydrogen-bond acceptors (Lipinski definition) is 5. The molecule has 1 heterocycles. The summed E-state index contributed by atoms with van der Waals surface area (Å²) in [6.07, 6.45) is 0.0495. The van der Waals surface area contributed by atoms with Gasteiger partial charge in [0.2, 0.25) is 10.0 Å². The standard InChI is InChI=1S/C23H34F3N3O5S/c1-3-27-22(30)29-14-6-8-19(28-35(2,31)32)20(29)15-33-17-12-10-16(11-13-17)18-7-4-5-9-21(18)34-23(24,25)26/h4-5,7,9,16-17,19-20,28H,3,6,8,10-15H2,1-2H3,(H,27,30)/t16?,17?,19-,20-/m0/s1. The highest BCUT2D eigenvalue weighted by atomic mass is 32.2. The van der Waals surface area contributed by atoms with Gasteiger partial charge in [0.25, 0.3) is 0 Å². The zero-order valence-corrected chi connectivity index (χ0v) is 20.8. The van der Waals surface area contributed by atoms with E-state index in [2.05, 4.69) is 14.8 Å². The second kappa shape index (κ2) is 11.8. The van der Waals surface area contributed by atoms with E-state index < -0.39 is 28.5 Å². The number of sulfonamides is 1. The van der Waals surface area contributed by atoms with Crippen molar-refractivity contribution in [3.05, 3.63) is 29.8 Å². The number of likely N-dealkylation sites (tertiary alicyclic amines) is 1. The molecule has 198 valence electrons. The SMILES string of the molecule is CCNC(=O)N1CCC[C@H](NS(C)(=O)=O)[C@@H]1COC1CCC(c2ccccc2OC(F)(F)F)CC1. The van der Waals surface area contributed by atoms with Crippen molar-refractivity contribution in [2.45, 2.75) is 75.9 Å². The van der Waals surface area contributed by atoms with Crippen LogP contribution in [0, 0.1) is 0 Å². The Balaban J connectivity index is 1.62. The van der Waals surface area contributed by atoms with E-state index in [9.17, 15) is 26.4 Å². The number of hydrogen-bond donors (Lipinski definition) is 2. The number of ether oxygens (including phenoxy) is 2. The molecule has 2 aliphatic rings. The molecule has 1 saturated carbocycles. The largest absolute Gasteiger partial charge is 0.573 e. The van der Waals surface area contributed by atoms with Gasteiger partial charge in [0.05, 0.1) is 25.0 Å². The topological polar surface area (TPSA) is 97.0 Å². The molecule has 2 fully saturated rings. The Morgan fingerprint density at radius 2 is 1.83 bits per heavy atom. The van der Waals surface area contributed by atoms with E-state index >= 15 is 0 Å². The van der Waals surface area contributed by atoms with Crippen LogP contribution in [0.4, 0.5) is 18.0 Å². The van der Waals surface area contributed by atoms with Gasteiger partial charge in [-0.2, -0.15) is 0 Å². The van der Waals surface area contributed by atoms with Gasteiger partial charge in [0, 0.05) is 19.1 Å². The first-order chi connectivity index (χ1) is 16.5. The van der Waals surface area contributed by atoms with Crippen LogP contribution in [0.3, 0.4) is 0 Å². The van der Waals surface area contributed by atoms with Crippen molar-refractivity contribution in [2.75, 3.05) is 26.0 Å². The van der Waals surface area contributed by atoms with E-state index in [1.807, 2.05) is 6.92 Å². The van der Waals surface area contributed by atoms with Crippen LogP contribution >= 0.6 is 0 Å². The third-order valence-corrected chi connectivity index (χ3v) is 7.23. The van der Waals surface area contributed by atoms with Crippen molar-refractivity contribution >= 4 is 16.1 Å². The average Bonchev–Trinajstić information content (AvgIpc) is 2.77. The minimum atomic E-state index is -4.75. The van der Waals surface area contributed by atoms with E-state index in [4.69, 9.17) is 4.74 Å². The van der Waals surface area contributed by atoms with E-state index in [1.54, 1.807) is 17.0 Å². The Bertz CT molecular complexity index is 952. The summed E-state index contributed by atoms with van der Waals surface area (Å²) in [6.45, 7) is 2.95. The van der Waals surface area contributed by atoms with Crippen LogP contribution in [0.1, 0.15) is 56.9 Å². The van der Waals surface area contributed by atoms with Gasteiger partial charge in [-0.1, -0.05) is 18.2 Å². The molecule has 12 heteroatoms. The monoisotopic (exact) mass is 521 g/mol. The Morgan fingerprint density at radius 3 is 2.46 bits per heavy atom. The first-order valence-corrected chi connectivity index (χ1v) is 13.8. The Kier molecular flexibility index (Phi) is 9.28. The first-order valence-electron chi connectivity index (χ1n) is 11.9. The third-order valence-electron chi connectivity index (χ3n) is 6.49. The minimum Gasteiger partial charge on any atom is -0.405 e. The van der Waals surface area contributed by atoms with Gasteiger partial charge in [0.15, 0.2) is 0 Å². The molecule has 2 amide bonds. The summed E-state index contributed by atoms with van der Waals surface area (Å²) in [4.78, 5) is 14.2. The zero-order chi connectivity index (χ0) is 25.6. The highest BCUT2D eigenvalue weighted by molar-refractivity contribution is 7.88. The highest BCUT2D eigenvalue weighted by Crippen LogP contribution is 2.40. The number of carbonyl (C=O) groups is 1. The number of halogens is 3. The number of nitrogens with one attached hydrogen (secondary N) is 2. The fourth-order valence-corrected chi connectivity index (χ4v) is 5.82. The maximum absolute atomic E-state index is 12.8. The molecule has 1 aliphatic heterocycles. The molecular formula is C23H34F3N3O5S. The summed E-state index contributed by atoms with van der Waals surface area (Å²) in [5.74, 6) is -0.242. The van der Waals surface area contributed by atoms with Crippen molar-refractivity contribution in [1.82, 2.24) is 14.9 Å². The van der Waals surface area contributed by atoms with E-state index in [0.717, 1.165) is 6.26 Å². The Hall–Kier alpha value is -2.05. The maximum Gasteiger partial charge on any atom is 0.573 e. The van der Waals surface area contributed by atoms with E-state index in [-0.39, 0.29) is 30.4 Å². The van der Waals surface area contributed by atoms with Crippen LogP contribution in [0.15, 0.2) is 24.3 Å². The lowest BCUT2D eigenvalue weighted by molar-refractivity contribution is -0.275. The summed E-state index contributed by atoms with van der Waals surface area (Å²) in [5.41, 5.74) is 0.537. The Labute approximate surface area is 204 Å². The van der Waals surface area contributed by atoms with Crippen molar-refractivity contribution in [3.63, 3.8) is 0 Å². The first kappa shape index (κ1) is 27.5. The number of urea groups is 1. The number of benzene rings is 1. The summed E-state index contributed by atoms with van der Waals surface area (Å²) >= 11 is 0. The normalized spacial score (nSPS) is 25.8. The fourth-order valence-electron chi connectivity index (χ4n) is 4.99. The predicted molar refractivity (Wildman–Crippen MR) is 125 cm³/mol. The van der Waals surface area contributed by atoms with E-state index in [1.165, 1.54) is 12.1 Å². The molecule has 0 aromatic heterocycles. The molecule has 1 aliphatic carbocycles. The predicted octanol–water partition coefficient (Wildman–Crippen LogP) is 3.74. The molecule has 2 N–H and O–H groups in total. The number of rotatable bonds is 8. The lowest BCUT2D eigenvalue weighted by atomic mass is 9.82. The van der Waals surface area contributed by atoms with Crippen LogP contribution in [0.25, 0.3) is 0 Å². The van der Waals surface area contributed by atoms with Gasteiger partial charge in [-0.15, -0.1) is 13.2 Å². The molecule has 8 nitrogen and oxygen atoms in total. The van der Waals surface area contributed by atoms with Gasteiger partial charge in [0.1, 0.15) is 5.75 Å². The number of alkyl halides is 3. The van der Waals surface area contributed by atoms with Gasteiger partial charge in [-0.05, 0) is 63.0 Å². The molecular weight excluding hydrogens is 487 g/mol. The van der Waals surface area contributed by atoms with Crippen LogP contribution < -0.4 is 14.8 Å². The van der Waals surface area contributed by atoms with Gasteiger partial charge in [-0.25, -0.2) is 17.9 Å².